The van der Waals surface area contributed by atoms with Crippen molar-refractivity contribution < 1.29 is 17.9 Å². The summed E-state index contributed by atoms with van der Waals surface area (Å²) in [5.74, 6) is 0.00704. The van der Waals surface area contributed by atoms with Crippen molar-refractivity contribution in [3.8, 4) is 0 Å². The van der Waals surface area contributed by atoms with Crippen LogP contribution < -0.4 is 0 Å². The average molecular weight is 353 g/mol. The predicted molar refractivity (Wildman–Crippen MR) is 93.8 cm³/mol. The van der Waals surface area contributed by atoms with E-state index in [-0.39, 0.29) is 17.8 Å². The van der Waals surface area contributed by atoms with Crippen molar-refractivity contribution in [3.05, 3.63) is 29.8 Å². The second-order valence-corrected chi connectivity index (χ2v) is 9.56. The van der Waals surface area contributed by atoms with Crippen molar-refractivity contribution in [1.82, 2.24) is 4.90 Å². The molecule has 0 bridgehead atoms. The summed E-state index contributed by atoms with van der Waals surface area (Å²) >= 11 is 0. The fourth-order valence-corrected chi connectivity index (χ4v) is 4.48. The van der Waals surface area contributed by atoms with Crippen LogP contribution in [0.5, 0.6) is 0 Å². The molecule has 1 aromatic rings. The van der Waals surface area contributed by atoms with E-state index < -0.39 is 15.4 Å². The van der Waals surface area contributed by atoms with Gasteiger partial charge < -0.3 is 9.64 Å². The van der Waals surface area contributed by atoms with Gasteiger partial charge in [-0.25, -0.2) is 13.2 Å². The highest BCUT2D eigenvalue weighted by atomic mass is 32.2. The number of carbonyl (C=O) groups excluding carboxylic acids is 1. The molecule has 1 aromatic carbocycles. The van der Waals surface area contributed by atoms with Gasteiger partial charge in [0.15, 0.2) is 9.84 Å². The Balaban J connectivity index is 2.02. The second kappa shape index (κ2) is 7.13. The molecule has 0 N–H and O–H groups in total. The highest BCUT2D eigenvalue weighted by Crippen LogP contribution is 2.23. The van der Waals surface area contributed by atoms with Crippen LogP contribution in [-0.2, 0) is 14.6 Å². The number of hydrogen-bond donors (Lipinski definition) is 0. The lowest BCUT2D eigenvalue weighted by Crippen LogP contribution is -2.44. The van der Waals surface area contributed by atoms with Crippen LogP contribution in [0, 0.1) is 12.8 Å². The number of piperidine rings is 1. The number of carbonyl (C=O) groups is 1. The van der Waals surface area contributed by atoms with Gasteiger partial charge in [0.05, 0.1) is 10.6 Å². The molecule has 0 radical (unpaired) electrons. The summed E-state index contributed by atoms with van der Waals surface area (Å²) in [6.07, 6.45) is 1.25. The van der Waals surface area contributed by atoms with Crippen LogP contribution in [0.2, 0.25) is 0 Å². The van der Waals surface area contributed by atoms with Crippen molar-refractivity contribution in [3.63, 3.8) is 0 Å². The first-order valence-corrected chi connectivity index (χ1v) is 9.99. The standard InChI is InChI=1S/C18H27NO4S/c1-14-7-9-16(10-8-14)24(21,22)13-15-6-5-11-19(12-15)17(20)23-18(2,3)4/h7-10,15H,5-6,11-13H2,1-4H3. The number of nitrogens with zero attached hydrogens (tertiary/aromatic N) is 1. The Kier molecular flexibility index (Phi) is 5.58. The first-order valence-electron chi connectivity index (χ1n) is 8.34. The van der Waals surface area contributed by atoms with E-state index in [1.807, 2.05) is 27.7 Å². The number of benzene rings is 1. The zero-order valence-corrected chi connectivity index (χ0v) is 15.7. The van der Waals surface area contributed by atoms with E-state index in [2.05, 4.69) is 0 Å². The van der Waals surface area contributed by atoms with Gasteiger partial charge in [-0.1, -0.05) is 17.7 Å². The second-order valence-electron chi connectivity index (χ2n) is 7.53. The Morgan fingerprint density at radius 3 is 2.46 bits per heavy atom. The number of aryl methyl sites for hydroxylation is 1. The van der Waals surface area contributed by atoms with Gasteiger partial charge in [0.2, 0.25) is 0 Å². The molecule has 1 atom stereocenters. The van der Waals surface area contributed by atoms with Gasteiger partial charge in [-0.15, -0.1) is 0 Å². The van der Waals surface area contributed by atoms with Crippen LogP contribution in [0.1, 0.15) is 39.2 Å². The van der Waals surface area contributed by atoms with Gasteiger partial charge >= 0.3 is 6.09 Å². The van der Waals surface area contributed by atoms with Crippen LogP contribution in [0.15, 0.2) is 29.2 Å². The van der Waals surface area contributed by atoms with Crippen LogP contribution in [0.4, 0.5) is 4.79 Å². The van der Waals surface area contributed by atoms with E-state index >= 15 is 0 Å². The highest BCUT2D eigenvalue weighted by Gasteiger charge is 2.30. The molecule has 2 rings (SSSR count). The van der Waals surface area contributed by atoms with E-state index in [0.29, 0.717) is 18.0 Å². The molecule has 0 aromatic heterocycles. The quantitative estimate of drug-likeness (QED) is 0.835. The maximum absolute atomic E-state index is 12.6. The Bertz CT molecular complexity index is 674. The summed E-state index contributed by atoms with van der Waals surface area (Å²) in [7, 11) is -3.34. The van der Waals surface area contributed by atoms with Gasteiger partial charge in [0, 0.05) is 13.1 Å². The molecule has 1 fully saturated rings. The van der Waals surface area contributed by atoms with E-state index in [1.165, 1.54) is 0 Å². The third-order valence-corrected chi connectivity index (χ3v) is 5.91. The van der Waals surface area contributed by atoms with Crippen LogP contribution in [-0.4, -0.2) is 43.9 Å². The Morgan fingerprint density at radius 1 is 1.25 bits per heavy atom. The Hall–Kier alpha value is -1.56. The number of amides is 1. The third-order valence-electron chi connectivity index (χ3n) is 4.01. The van der Waals surface area contributed by atoms with Crippen LogP contribution in [0.25, 0.3) is 0 Å². The number of rotatable bonds is 3. The summed E-state index contributed by atoms with van der Waals surface area (Å²) in [6.45, 7) is 8.46. The summed E-state index contributed by atoms with van der Waals surface area (Å²) in [5.41, 5.74) is 0.487. The molecule has 5 nitrogen and oxygen atoms in total. The number of hydrogen-bond acceptors (Lipinski definition) is 4. The van der Waals surface area contributed by atoms with Crippen molar-refractivity contribution in [2.45, 2.75) is 51.0 Å². The molecule has 1 amide bonds. The van der Waals surface area contributed by atoms with E-state index in [4.69, 9.17) is 4.74 Å². The SMILES string of the molecule is Cc1ccc(S(=O)(=O)CC2CCCN(C(=O)OC(C)(C)C)C2)cc1. The monoisotopic (exact) mass is 353 g/mol. The van der Waals surface area contributed by atoms with Crippen molar-refractivity contribution in [2.24, 2.45) is 5.92 Å². The molecular weight excluding hydrogens is 326 g/mol. The lowest BCUT2D eigenvalue weighted by molar-refractivity contribution is 0.0176. The topological polar surface area (TPSA) is 63.7 Å². The van der Waals surface area contributed by atoms with Gasteiger partial charge in [-0.3, -0.25) is 0 Å². The predicted octanol–water partition coefficient (Wildman–Crippen LogP) is 3.42. The highest BCUT2D eigenvalue weighted by molar-refractivity contribution is 7.91. The van der Waals surface area contributed by atoms with Gasteiger partial charge in [0.1, 0.15) is 5.60 Å². The first kappa shape index (κ1) is 18.8. The van der Waals surface area contributed by atoms with E-state index in [9.17, 15) is 13.2 Å². The Labute approximate surface area is 144 Å². The number of sulfone groups is 1. The molecule has 0 spiro atoms. The number of likely N-dealkylation sites (tertiary alicyclic amines) is 1. The molecule has 1 heterocycles. The lowest BCUT2D eigenvalue weighted by atomic mass is 10.0. The van der Waals surface area contributed by atoms with E-state index in [0.717, 1.165) is 18.4 Å². The molecule has 1 aliphatic rings. The van der Waals surface area contributed by atoms with Gasteiger partial charge in [0.25, 0.3) is 0 Å². The maximum atomic E-state index is 12.6. The van der Waals surface area contributed by atoms with Crippen LogP contribution in [0.3, 0.4) is 0 Å². The molecule has 1 aliphatic heterocycles. The van der Waals surface area contributed by atoms with Gasteiger partial charge in [-0.05, 0) is 58.6 Å². The van der Waals surface area contributed by atoms with Crippen molar-refractivity contribution >= 4 is 15.9 Å². The fraction of sp³-hybridized carbons (Fsp3) is 0.611. The van der Waals surface area contributed by atoms with Gasteiger partial charge in [-0.2, -0.15) is 0 Å². The smallest absolute Gasteiger partial charge is 0.410 e. The molecule has 24 heavy (non-hydrogen) atoms. The summed E-state index contributed by atoms with van der Waals surface area (Å²) in [5, 5.41) is 0. The first-order chi connectivity index (χ1) is 11.1. The molecule has 1 unspecified atom stereocenters. The zero-order chi connectivity index (χ0) is 18.0. The Morgan fingerprint density at radius 2 is 1.88 bits per heavy atom. The average Bonchev–Trinajstić information content (AvgIpc) is 2.45. The number of ether oxygens (including phenoxy) is 1. The lowest BCUT2D eigenvalue weighted by Gasteiger charge is -2.34. The summed E-state index contributed by atoms with van der Waals surface area (Å²) in [6, 6.07) is 6.92. The molecule has 6 heteroatoms. The molecule has 134 valence electrons. The minimum absolute atomic E-state index is 0.0578. The van der Waals surface area contributed by atoms with E-state index in [1.54, 1.807) is 29.2 Å². The van der Waals surface area contributed by atoms with Crippen molar-refractivity contribution in [1.29, 1.82) is 0 Å². The normalized spacial score (nSPS) is 19.2. The molecule has 0 aliphatic carbocycles. The zero-order valence-electron chi connectivity index (χ0n) is 14.9. The maximum Gasteiger partial charge on any atom is 0.410 e. The minimum Gasteiger partial charge on any atom is -0.444 e. The summed E-state index contributed by atoms with van der Waals surface area (Å²) < 4.78 is 30.6. The molecule has 1 saturated heterocycles. The third kappa shape index (κ3) is 5.23. The minimum atomic E-state index is -3.34. The van der Waals surface area contributed by atoms with Crippen molar-refractivity contribution in [2.75, 3.05) is 18.8 Å². The van der Waals surface area contributed by atoms with Crippen LogP contribution >= 0.6 is 0 Å². The molecular formula is C18H27NO4S. The molecule has 0 saturated carbocycles. The fourth-order valence-electron chi connectivity index (χ4n) is 2.85. The summed E-state index contributed by atoms with van der Waals surface area (Å²) in [4.78, 5) is 14.2. The largest absolute Gasteiger partial charge is 0.444 e.